The van der Waals surface area contributed by atoms with Gasteiger partial charge in [0.25, 0.3) is 0 Å². The van der Waals surface area contributed by atoms with E-state index in [1.54, 1.807) is 23.2 Å². The van der Waals surface area contributed by atoms with E-state index in [0.29, 0.717) is 31.1 Å². The lowest BCUT2D eigenvalue weighted by molar-refractivity contribution is -0.134. The number of hydrogen-bond donors (Lipinski definition) is 1. The highest BCUT2D eigenvalue weighted by atomic mass is 32.1. The van der Waals surface area contributed by atoms with Gasteiger partial charge in [-0.05, 0) is 37.0 Å². The van der Waals surface area contributed by atoms with Crippen LogP contribution in [0.15, 0.2) is 35.8 Å². The smallest absolute Gasteiger partial charge is 0.231 e. The van der Waals surface area contributed by atoms with Crippen LogP contribution in [0.1, 0.15) is 24.8 Å². The van der Waals surface area contributed by atoms with E-state index in [1.165, 1.54) is 23.5 Å². The topological polar surface area (TPSA) is 62.3 Å². The first kappa shape index (κ1) is 17.5. The molecular formula is C18H20FN3O2S. The summed E-state index contributed by atoms with van der Waals surface area (Å²) in [4.78, 5) is 30.6. The van der Waals surface area contributed by atoms with Crippen LogP contribution < -0.4 is 5.32 Å². The maximum absolute atomic E-state index is 12.9. The Bertz CT molecular complexity index is 718. The van der Waals surface area contributed by atoms with Crippen molar-refractivity contribution in [3.8, 4) is 0 Å². The zero-order valence-electron chi connectivity index (χ0n) is 13.8. The molecule has 0 spiro atoms. The average molecular weight is 361 g/mol. The highest BCUT2D eigenvalue weighted by molar-refractivity contribution is 7.13. The molecule has 0 bridgehead atoms. The molecular weight excluding hydrogens is 341 g/mol. The number of anilines is 1. The number of rotatable bonds is 5. The molecule has 0 saturated carbocycles. The molecule has 1 aromatic heterocycles. The number of aryl methyl sites for hydroxylation is 1. The third-order valence-corrected chi connectivity index (χ3v) is 5.04. The molecule has 1 fully saturated rings. The SMILES string of the molecule is O=C(Nc1nccs1)[C@H]1CCCN(C(=O)CCc2ccc(F)cc2)C1. The third-order valence-electron chi connectivity index (χ3n) is 4.35. The van der Waals surface area contributed by atoms with E-state index in [0.717, 1.165) is 18.4 Å². The minimum absolute atomic E-state index is 0.0380. The number of nitrogens with one attached hydrogen (secondary N) is 1. The fourth-order valence-corrected chi connectivity index (χ4v) is 3.50. The molecule has 3 rings (SSSR count). The zero-order valence-corrected chi connectivity index (χ0v) is 14.6. The van der Waals surface area contributed by atoms with E-state index in [4.69, 9.17) is 0 Å². The standard InChI is InChI=1S/C18H20FN3O2S/c19-15-6-3-13(4-7-15)5-8-16(23)22-10-1-2-14(12-22)17(24)21-18-20-9-11-25-18/h3-4,6-7,9,11,14H,1-2,5,8,10,12H2,(H,20,21,24)/t14-/m0/s1. The number of thiazole rings is 1. The predicted molar refractivity (Wildman–Crippen MR) is 94.8 cm³/mol. The van der Waals surface area contributed by atoms with Gasteiger partial charge in [-0.3, -0.25) is 9.59 Å². The Morgan fingerprint density at radius 1 is 1.32 bits per heavy atom. The number of carbonyl (C=O) groups excluding carboxylic acids is 2. The summed E-state index contributed by atoms with van der Waals surface area (Å²) in [5.41, 5.74) is 0.935. The van der Waals surface area contributed by atoms with Crippen LogP contribution in [0.4, 0.5) is 9.52 Å². The number of halogens is 1. The molecule has 132 valence electrons. The van der Waals surface area contributed by atoms with Crippen molar-refractivity contribution in [2.75, 3.05) is 18.4 Å². The summed E-state index contributed by atoms with van der Waals surface area (Å²) in [5, 5.41) is 5.20. The van der Waals surface area contributed by atoms with Crippen molar-refractivity contribution in [1.82, 2.24) is 9.88 Å². The minimum Gasteiger partial charge on any atom is -0.342 e. The number of hydrogen-bond acceptors (Lipinski definition) is 4. The van der Waals surface area contributed by atoms with Crippen LogP contribution in [0.2, 0.25) is 0 Å². The third kappa shape index (κ3) is 4.85. The van der Waals surface area contributed by atoms with Gasteiger partial charge < -0.3 is 10.2 Å². The van der Waals surface area contributed by atoms with Crippen molar-refractivity contribution in [3.05, 3.63) is 47.2 Å². The quantitative estimate of drug-likeness (QED) is 0.890. The van der Waals surface area contributed by atoms with E-state index in [9.17, 15) is 14.0 Å². The molecule has 1 aliphatic heterocycles. The first-order valence-corrected chi connectivity index (χ1v) is 9.22. The maximum atomic E-state index is 12.9. The normalized spacial score (nSPS) is 17.3. The van der Waals surface area contributed by atoms with Gasteiger partial charge in [0.2, 0.25) is 11.8 Å². The molecule has 2 aromatic rings. The molecule has 2 heterocycles. The monoisotopic (exact) mass is 361 g/mol. The summed E-state index contributed by atoms with van der Waals surface area (Å²) in [6.45, 7) is 1.13. The molecule has 7 heteroatoms. The first-order valence-electron chi connectivity index (χ1n) is 8.34. The molecule has 2 amide bonds. The highest BCUT2D eigenvalue weighted by Crippen LogP contribution is 2.20. The van der Waals surface area contributed by atoms with Crippen molar-refractivity contribution in [2.45, 2.75) is 25.7 Å². The lowest BCUT2D eigenvalue weighted by Crippen LogP contribution is -2.43. The van der Waals surface area contributed by atoms with Gasteiger partial charge in [-0.1, -0.05) is 12.1 Å². The van der Waals surface area contributed by atoms with Crippen LogP contribution in [-0.4, -0.2) is 34.8 Å². The van der Waals surface area contributed by atoms with Crippen LogP contribution in [0.3, 0.4) is 0 Å². The van der Waals surface area contributed by atoms with Gasteiger partial charge in [0.1, 0.15) is 5.82 Å². The fraction of sp³-hybridized carbons (Fsp3) is 0.389. The number of benzene rings is 1. The van der Waals surface area contributed by atoms with Gasteiger partial charge in [0.15, 0.2) is 5.13 Å². The molecule has 1 saturated heterocycles. The summed E-state index contributed by atoms with van der Waals surface area (Å²) in [7, 11) is 0. The minimum atomic E-state index is -0.278. The van der Waals surface area contributed by atoms with E-state index in [1.807, 2.05) is 5.38 Å². The Kier molecular flexibility index (Phi) is 5.75. The van der Waals surface area contributed by atoms with Gasteiger partial charge in [0.05, 0.1) is 5.92 Å². The van der Waals surface area contributed by atoms with Gasteiger partial charge in [-0.25, -0.2) is 9.37 Å². The second kappa shape index (κ2) is 8.20. The van der Waals surface area contributed by atoms with Crippen LogP contribution in [0.25, 0.3) is 0 Å². The van der Waals surface area contributed by atoms with Crippen molar-refractivity contribution < 1.29 is 14.0 Å². The summed E-state index contributed by atoms with van der Waals surface area (Å²) in [6, 6.07) is 6.20. The van der Waals surface area contributed by atoms with Crippen molar-refractivity contribution in [1.29, 1.82) is 0 Å². The molecule has 0 radical (unpaired) electrons. The van der Waals surface area contributed by atoms with E-state index in [-0.39, 0.29) is 23.5 Å². The molecule has 0 unspecified atom stereocenters. The van der Waals surface area contributed by atoms with Gasteiger partial charge in [0, 0.05) is 31.1 Å². The number of nitrogens with zero attached hydrogens (tertiary/aromatic N) is 2. The molecule has 1 aliphatic rings. The Morgan fingerprint density at radius 3 is 2.84 bits per heavy atom. The largest absolute Gasteiger partial charge is 0.342 e. The van der Waals surface area contributed by atoms with Crippen LogP contribution in [-0.2, 0) is 16.0 Å². The highest BCUT2D eigenvalue weighted by Gasteiger charge is 2.28. The van der Waals surface area contributed by atoms with Gasteiger partial charge in [-0.15, -0.1) is 11.3 Å². The number of carbonyl (C=O) groups is 2. The molecule has 1 atom stereocenters. The second-order valence-corrected chi connectivity index (χ2v) is 7.03. The number of likely N-dealkylation sites (tertiary alicyclic amines) is 1. The summed E-state index contributed by atoms with van der Waals surface area (Å²) < 4.78 is 12.9. The summed E-state index contributed by atoms with van der Waals surface area (Å²) in [5.74, 6) is -0.519. The average Bonchev–Trinajstić information content (AvgIpc) is 3.14. The Hall–Kier alpha value is -2.28. The maximum Gasteiger partial charge on any atom is 0.231 e. The van der Waals surface area contributed by atoms with Crippen molar-refractivity contribution in [2.24, 2.45) is 5.92 Å². The summed E-state index contributed by atoms with van der Waals surface area (Å²) >= 11 is 1.38. The Labute approximate surface area is 149 Å². The number of aromatic nitrogens is 1. The van der Waals surface area contributed by atoms with Crippen LogP contribution in [0, 0.1) is 11.7 Å². The van der Waals surface area contributed by atoms with Crippen LogP contribution >= 0.6 is 11.3 Å². The van der Waals surface area contributed by atoms with Crippen molar-refractivity contribution >= 4 is 28.3 Å². The van der Waals surface area contributed by atoms with Gasteiger partial charge in [-0.2, -0.15) is 0 Å². The fourth-order valence-electron chi connectivity index (χ4n) is 2.97. The van der Waals surface area contributed by atoms with E-state index >= 15 is 0 Å². The predicted octanol–water partition coefficient (Wildman–Crippen LogP) is 3.09. The number of piperidine rings is 1. The first-order chi connectivity index (χ1) is 12.1. The molecule has 0 aliphatic carbocycles. The Morgan fingerprint density at radius 2 is 2.12 bits per heavy atom. The summed E-state index contributed by atoms with van der Waals surface area (Å²) in [6.07, 6.45) is 4.18. The second-order valence-electron chi connectivity index (χ2n) is 6.13. The molecule has 25 heavy (non-hydrogen) atoms. The lowest BCUT2D eigenvalue weighted by atomic mass is 9.96. The van der Waals surface area contributed by atoms with Crippen molar-refractivity contribution in [3.63, 3.8) is 0 Å². The van der Waals surface area contributed by atoms with E-state index in [2.05, 4.69) is 10.3 Å². The van der Waals surface area contributed by atoms with E-state index < -0.39 is 0 Å². The lowest BCUT2D eigenvalue weighted by Gasteiger charge is -2.32. The Balaban J connectivity index is 1.50. The van der Waals surface area contributed by atoms with Gasteiger partial charge >= 0.3 is 0 Å². The molecule has 1 aromatic carbocycles. The molecule has 1 N–H and O–H groups in total. The zero-order chi connectivity index (χ0) is 17.6. The van der Waals surface area contributed by atoms with Crippen LogP contribution in [0.5, 0.6) is 0 Å². The molecule has 5 nitrogen and oxygen atoms in total. The number of amides is 2.